The summed E-state index contributed by atoms with van der Waals surface area (Å²) in [5.41, 5.74) is 0.648. The van der Waals surface area contributed by atoms with Gasteiger partial charge in [0.1, 0.15) is 0 Å². The van der Waals surface area contributed by atoms with E-state index in [2.05, 4.69) is 10.3 Å². The number of amides is 2. The van der Waals surface area contributed by atoms with E-state index in [1.807, 2.05) is 0 Å². The van der Waals surface area contributed by atoms with Crippen LogP contribution >= 0.6 is 23.1 Å². The van der Waals surface area contributed by atoms with Gasteiger partial charge in [-0.1, -0.05) is 11.3 Å². The Morgan fingerprint density at radius 2 is 2.35 bits per heavy atom. The number of aromatic nitrogens is 1. The molecule has 0 aromatic carbocycles. The molecule has 7 nitrogen and oxygen atoms in total. The Morgan fingerprint density at radius 3 is 3.00 bits per heavy atom. The second kappa shape index (κ2) is 6.80. The smallest absolute Gasteiger partial charge is 0.318 e. The van der Waals surface area contributed by atoms with E-state index in [1.165, 1.54) is 0 Å². The molecule has 2 heterocycles. The number of urea groups is 1. The SMILES string of the molecule is O=C(O)CC1CSCCN1C(=O)NCc1csc(=O)[nH]1. The summed E-state index contributed by atoms with van der Waals surface area (Å²) in [6.07, 6.45) is -0.0459. The lowest BCUT2D eigenvalue weighted by Crippen LogP contribution is -2.51. The third-order valence-corrected chi connectivity index (χ3v) is 4.71. The van der Waals surface area contributed by atoms with Crippen molar-refractivity contribution in [2.75, 3.05) is 18.1 Å². The minimum Gasteiger partial charge on any atom is -0.481 e. The van der Waals surface area contributed by atoms with E-state index in [-0.39, 0.29) is 29.9 Å². The number of H-pyrrole nitrogens is 1. The average molecular weight is 317 g/mol. The largest absolute Gasteiger partial charge is 0.481 e. The highest BCUT2D eigenvalue weighted by atomic mass is 32.2. The van der Waals surface area contributed by atoms with Gasteiger partial charge in [-0.2, -0.15) is 11.8 Å². The zero-order chi connectivity index (χ0) is 14.5. The van der Waals surface area contributed by atoms with Crippen LogP contribution in [0.4, 0.5) is 4.79 Å². The number of aromatic amines is 1. The van der Waals surface area contributed by atoms with Crippen LogP contribution in [0.1, 0.15) is 12.1 Å². The van der Waals surface area contributed by atoms with E-state index < -0.39 is 5.97 Å². The third kappa shape index (κ3) is 4.01. The maximum Gasteiger partial charge on any atom is 0.318 e. The van der Waals surface area contributed by atoms with Crippen molar-refractivity contribution < 1.29 is 14.7 Å². The summed E-state index contributed by atoms with van der Waals surface area (Å²) < 4.78 is 0. The van der Waals surface area contributed by atoms with E-state index in [0.717, 1.165) is 17.1 Å². The summed E-state index contributed by atoms with van der Waals surface area (Å²) >= 11 is 2.70. The van der Waals surface area contributed by atoms with Crippen LogP contribution in [0.15, 0.2) is 10.2 Å². The van der Waals surface area contributed by atoms with E-state index in [9.17, 15) is 14.4 Å². The van der Waals surface area contributed by atoms with Crippen LogP contribution in [0.5, 0.6) is 0 Å². The van der Waals surface area contributed by atoms with E-state index >= 15 is 0 Å². The van der Waals surface area contributed by atoms with E-state index in [4.69, 9.17) is 5.11 Å². The third-order valence-electron chi connectivity index (χ3n) is 2.90. The number of nitrogens with one attached hydrogen (secondary N) is 2. The Morgan fingerprint density at radius 1 is 1.55 bits per heavy atom. The number of carboxylic acid groups (broad SMARTS) is 1. The lowest BCUT2D eigenvalue weighted by molar-refractivity contribution is -0.138. The summed E-state index contributed by atoms with van der Waals surface area (Å²) in [6, 6.07) is -0.573. The number of hydrogen-bond donors (Lipinski definition) is 3. The molecule has 1 aliphatic heterocycles. The molecule has 0 spiro atoms. The van der Waals surface area contributed by atoms with Gasteiger partial charge in [0.25, 0.3) is 0 Å². The lowest BCUT2D eigenvalue weighted by atomic mass is 10.2. The molecule has 0 aliphatic carbocycles. The van der Waals surface area contributed by atoms with Crippen LogP contribution in [0, 0.1) is 0 Å². The Hall–Kier alpha value is -1.48. The van der Waals surface area contributed by atoms with Crippen molar-refractivity contribution in [3.63, 3.8) is 0 Å². The van der Waals surface area contributed by atoms with Crippen LogP contribution in [0.3, 0.4) is 0 Å². The van der Waals surface area contributed by atoms with Gasteiger partial charge < -0.3 is 20.3 Å². The average Bonchev–Trinajstić information content (AvgIpc) is 2.82. The first-order valence-electron chi connectivity index (χ1n) is 6.07. The first kappa shape index (κ1) is 14.9. The molecule has 20 heavy (non-hydrogen) atoms. The lowest BCUT2D eigenvalue weighted by Gasteiger charge is -2.34. The second-order valence-electron chi connectivity index (χ2n) is 4.35. The number of carboxylic acids is 1. The second-order valence-corrected chi connectivity index (χ2v) is 6.34. The molecule has 1 unspecified atom stereocenters. The Bertz CT molecular complexity index is 542. The van der Waals surface area contributed by atoms with Gasteiger partial charge in [-0.3, -0.25) is 9.59 Å². The summed E-state index contributed by atoms with van der Waals surface area (Å²) in [6.45, 7) is 0.773. The molecule has 1 atom stereocenters. The van der Waals surface area contributed by atoms with Crippen molar-refractivity contribution in [1.82, 2.24) is 15.2 Å². The van der Waals surface area contributed by atoms with Crippen molar-refractivity contribution in [2.24, 2.45) is 0 Å². The molecule has 0 bridgehead atoms. The number of thiazole rings is 1. The summed E-state index contributed by atoms with van der Waals surface area (Å²) in [5, 5.41) is 13.2. The Labute approximate surface area is 123 Å². The molecule has 0 saturated carbocycles. The monoisotopic (exact) mass is 317 g/mol. The highest BCUT2D eigenvalue weighted by Gasteiger charge is 2.28. The first-order valence-corrected chi connectivity index (χ1v) is 8.10. The van der Waals surface area contributed by atoms with Crippen LogP contribution in [-0.2, 0) is 11.3 Å². The fraction of sp³-hybridized carbons (Fsp3) is 0.545. The maximum absolute atomic E-state index is 12.1. The number of carbonyl (C=O) groups is 2. The van der Waals surface area contributed by atoms with Gasteiger partial charge in [0.05, 0.1) is 19.0 Å². The van der Waals surface area contributed by atoms with Crippen molar-refractivity contribution in [1.29, 1.82) is 0 Å². The quantitative estimate of drug-likeness (QED) is 0.752. The molecule has 3 N–H and O–H groups in total. The summed E-state index contributed by atoms with van der Waals surface area (Å²) in [5.74, 6) is 0.533. The van der Waals surface area contributed by atoms with Gasteiger partial charge in [0, 0.05) is 29.1 Å². The van der Waals surface area contributed by atoms with Gasteiger partial charge in [-0.25, -0.2) is 4.79 Å². The highest BCUT2D eigenvalue weighted by Crippen LogP contribution is 2.19. The molecule has 2 rings (SSSR count). The first-order chi connectivity index (χ1) is 9.56. The number of thioether (sulfide) groups is 1. The standard InChI is InChI=1S/C11H15N3O4S2/c15-9(16)3-8-6-19-2-1-14(8)10(17)12-4-7-5-20-11(18)13-7/h5,8H,1-4,6H2,(H,12,17)(H,13,18)(H,15,16). The molecular weight excluding hydrogens is 302 g/mol. The number of rotatable bonds is 4. The number of aliphatic carboxylic acids is 1. The van der Waals surface area contributed by atoms with Crippen LogP contribution in [0.25, 0.3) is 0 Å². The predicted octanol–water partition coefficient (Wildman–Crippen LogP) is 0.538. The van der Waals surface area contributed by atoms with Crippen molar-refractivity contribution in [3.8, 4) is 0 Å². The number of nitrogens with zero attached hydrogens (tertiary/aromatic N) is 1. The summed E-state index contributed by atoms with van der Waals surface area (Å²) in [7, 11) is 0. The number of carbonyl (C=O) groups excluding carboxylic acids is 1. The predicted molar refractivity (Wildman–Crippen MR) is 77.2 cm³/mol. The molecule has 1 fully saturated rings. The molecule has 1 aliphatic rings. The minimum absolute atomic E-state index is 0.0459. The molecule has 110 valence electrons. The normalized spacial score (nSPS) is 18.8. The van der Waals surface area contributed by atoms with Crippen molar-refractivity contribution in [2.45, 2.75) is 19.0 Å². The molecule has 1 aromatic rings. The fourth-order valence-corrected chi connectivity index (χ4v) is 3.61. The number of hydrogen-bond acceptors (Lipinski definition) is 5. The Kier molecular flexibility index (Phi) is 5.07. The minimum atomic E-state index is -0.905. The van der Waals surface area contributed by atoms with Gasteiger partial charge >= 0.3 is 16.9 Å². The van der Waals surface area contributed by atoms with Gasteiger partial charge in [0.15, 0.2) is 0 Å². The molecule has 1 aromatic heterocycles. The van der Waals surface area contributed by atoms with Crippen LogP contribution in [0.2, 0.25) is 0 Å². The van der Waals surface area contributed by atoms with Gasteiger partial charge in [-0.05, 0) is 0 Å². The van der Waals surface area contributed by atoms with Gasteiger partial charge in [0.2, 0.25) is 0 Å². The summed E-state index contributed by atoms with van der Waals surface area (Å²) in [4.78, 5) is 37.9. The topological polar surface area (TPSA) is 102 Å². The van der Waals surface area contributed by atoms with Crippen molar-refractivity contribution >= 4 is 35.1 Å². The zero-order valence-electron chi connectivity index (χ0n) is 10.6. The van der Waals surface area contributed by atoms with Crippen LogP contribution < -0.4 is 10.2 Å². The molecular formula is C11H15N3O4S2. The zero-order valence-corrected chi connectivity index (χ0v) is 12.3. The molecule has 1 saturated heterocycles. The highest BCUT2D eigenvalue weighted by molar-refractivity contribution is 7.99. The van der Waals surface area contributed by atoms with E-state index in [0.29, 0.717) is 18.0 Å². The van der Waals surface area contributed by atoms with Gasteiger partial charge in [-0.15, -0.1) is 0 Å². The Balaban J connectivity index is 1.91. The maximum atomic E-state index is 12.1. The van der Waals surface area contributed by atoms with Crippen molar-refractivity contribution in [3.05, 3.63) is 20.7 Å². The molecule has 2 amide bonds. The molecule has 9 heteroatoms. The fourth-order valence-electron chi connectivity index (χ4n) is 1.97. The molecule has 0 radical (unpaired) electrons. The van der Waals surface area contributed by atoms with Crippen LogP contribution in [-0.4, -0.2) is 51.1 Å². The van der Waals surface area contributed by atoms with E-state index in [1.54, 1.807) is 22.0 Å².